The molecule has 1 atom stereocenters. The normalized spacial score (nSPS) is 17.5. The van der Waals surface area contributed by atoms with E-state index in [0.29, 0.717) is 16.9 Å². The second kappa shape index (κ2) is 10.8. The Bertz CT molecular complexity index is 1340. The number of aliphatic carboxylic acids is 1. The van der Waals surface area contributed by atoms with Gasteiger partial charge in [0, 0.05) is 12.0 Å². The van der Waals surface area contributed by atoms with Gasteiger partial charge in [-0.15, -0.1) is 8.78 Å². The third-order valence-corrected chi connectivity index (χ3v) is 7.03. The fraction of sp³-hybridized carbons (Fsp3) is 0.379. The molecule has 0 bridgehead atoms. The minimum atomic E-state index is -3.75. The summed E-state index contributed by atoms with van der Waals surface area (Å²) in [4.78, 5) is 24.1. The maximum Gasteiger partial charge on any atom is 0.586 e. The molecule has 0 aromatic heterocycles. The molecular weight excluding hydrogens is 496 g/mol. The van der Waals surface area contributed by atoms with Crippen LogP contribution in [0.3, 0.4) is 0 Å². The lowest BCUT2D eigenvalue weighted by Gasteiger charge is -2.18. The summed E-state index contributed by atoms with van der Waals surface area (Å²) in [6.07, 6.45) is 2.65. The lowest BCUT2D eigenvalue weighted by Crippen LogP contribution is -2.37. The van der Waals surface area contributed by atoms with E-state index < -0.39 is 18.2 Å². The van der Waals surface area contributed by atoms with Crippen LogP contribution in [0.15, 0.2) is 54.6 Å². The van der Waals surface area contributed by atoms with Crippen LogP contribution in [0.2, 0.25) is 0 Å². The molecule has 1 aliphatic carbocycles. The van der Waals surface area contributed by atoms with Gasteiger partial charge in [-0.25, -0.2) is 0 Å². The van der Waals surface area contributed by atoms with Crippen LogP contribution < -0.4 is 19.5 Å². The number of ether oxygens (including phenoxy) is 3. The number of benzene rings is 3. The van der Waals surface area contributed by atoms with Gasteiger partial charge in [0.25, 0.3) is 5.91 Å². The molecule has 0 radical (unpaired) electrons. The average Bonchev–Trinajstić information content (AvgIpc) is 3.01. The Morgan fingerprint density at radius 2 is 1.61 bits per heavy atom. The van der Waals surface area contributed by atoms with Crippen LogP contribution in [0.1, 0.15) is 62.0 Å². The maximum atomic E-state index is 13.5. The van der Waals surface area contributed by atoms with Gasteiger partial charge in [-0.05, 0) is 59.0 Å². The van der Waals surface area contributed by atoms with Gasteiger partial charge < -0.3 is 24.6 Å². The van der Waals surface area contributed by atoms with Crippen LogP contribution >= 0.6 is 0 Å². The first-order valence-electron chi connectivity index (χ1n) is 12.8. The number of halogens is 2. The number of amides is 1. The zero-order valence-corrected chi connectivity index (χ0v) is 20.8. The Kier molecular flexibility index (Phi) is 7.35. The van der Waals surface area contributed by atoms with Gasteiger partial charge in [0.15, 0.2) is 18.1 Å². The molecular formula is C29H29F2NO6. The maximum absolute atomic E-state index is 13.5. The van der Waals surface area contributed by atoms with Gasteiger partial charge in [-0.1, -0.05) is 56.0 Å². The number of carbonyl (C=O) groups excluding carboxylic acids is 1. The number of carbonyl (C=O) groups is 2. The Morgan fingerprint density at radius 1 is 0.921 bits per heavy atom. The number of rotatable bonds is 8. The second-order valence-electron chi connectivity index (χ2n) is 9.84. The molecule has 1 unspecified atom stereocenters. The fourth-order valence-corrected chi connectivity index (χ4v) is 5.18. The van der Waals surface area contributed by atoms with Crippen LogP contribution in [-0.2, 0) is 9.59 Å². The highest BCUT2D eigenvalue weighted by atomic mass is 19.3. The van der Waals surface area contributed by atoms with Crippen molar-refractivity contribution in [3.63, 3.8) is 0 Å². The van der Waals surface area contributed by atoms with Crippen molar-refractivity contribution in [2.24, 2.45) is 0 Å². The second-order valence-corrected chi connectivity index (χ2v) is 9.84. The van der Waals surface area contributed by atoms with Crippen LogP contribution in [0.5, 0.6) is 17.2 Å². The molecule has 0 saturated heterocycles. The van der Waals surface area contributed by atoms with Gasteiger partial charge >= 0.3 is 12.3 Å². The van der Waals surface area contributed by atoms with Gasteiger partial charge in [-0.2, -0.15) is 0 Å². The third-order valence-electron chi connectivity index (χ3n) is 7.03. The Morgan fingerprint density at radius 3 is 2.37 bits per heavy atom. The van der Waals surface area contributed by atoms with Gasteiger partial charge in [0.05, 0.1) is 6.42 Å². The van der Waals surface area contributed by atoms with Crippen LogP contribution in [-0.4, -0.2) is 35.9 Å². The molecule has 3 aromatic rings. The van der Waals surface area contributed by atoms with E-state index in [9.17, 15) is 23.5 Å². The molecule has 5 rings (SSSR count). The molecule has 0 spiro atoms. The van der Waals surface area contributed by atoms with Crippen LogP contribution in [0.4, 0.5) is 8.78 Å². The highest BCUT2D eigenvalue weighted by Gasteiger charge is 2.43. The van der Waals surface area contributed by atoms with Crippen LogP contribution in [0, 0.1) is 0 Å². The van der Waals surface area contributed by atoms with E-state index in [-0.39, 0.29) is 36.5 Å². The molecule has 200 valence electrons. The fourth-order valence-electron chi connectivity index (χ4n) is 5.18. The molecule has 1 aliphatic heterocycles. The lowest BCUT2D eigenvalue weighted by molar-refractivity contribution is -0.286. The number of alkyl halides is 2. The molecule has 7 nitrogen and oxygen atoms in total. The van der Waals surface area contributed by atoms with Gasteiger partial charge in [0.2, 0.25) is 0 Å². The van der Waals surface area contributed by atoms with Crippen molar-refractivity contribution in [3.8, 4) is 17.2 Å². The van der Waals surface area contributed by atoms with E-state index in [1.165, 1.54) is 25.0 Å². The number of hydrogen-bond donors (Lipinski definition) is 2. The van der Waals surface area contributed by atoms with Crippen molar-refractivity contribution >= 4 is 22.6 Å². The van der Waals surface area contributed by atoms with E-state index in [1.54, 1.807) is 18.2 Å². The Labute approximate surface area is 218 Å². The summed E-state index contributed by atoms with van der Waals surface area (Å²) < 4.78 is 41.8. The van der Waals surface area contributed by atoms with E-state index >= 15 is 0 Å². The Hall–Kier alpha value is -3.88. The first-order valence-corrected chi connectivity index (χ1v) is 12.8. The average molecular weight is 526 g/mol. The summed E-state index contributed by atoms with van der Waals surface area (Å²) >= 11 is 0. The summed E-state index contributed by atoms with van der Waals surface area (Å²) in [5, 5.41) is 14.3. The highest BCUT2D eigenvalue weighted by Crippen LogP contribution is 2.43. The third kappa shape index (κ3) is 6.15. The van der Waals surface area contributed by atoms with Gasteiger partial charge in [-0.3, -0.25) is 9.59 Å². The molecule has 1 saturated carbocycles. The topological polar surface area (TPSA) is 94.1 Å². The summed E-state index contributed by atoms with van der Waals surface area (Å²) in [6, 6.07) is 15.5. The van der Waals surface area contributed by atoms with Crippen molar-refractivity contribution in [2.75, 3.05) is 6.61 Å². The first-order chi connectivity index (χ1) is 18.3. The minimum absolute atomic E-state index is 0.0921. The summed E-state index contributed by atoms with van der Waals surface area (Å²) in [5.41, 5.74) is 1.20. The predicted molar refractivity (Wildman–Crippen MR) is 136 cm³/mol. The molecule has 1 heterocycles. The standard InChI is InChI=1S/C29H29F2NO6/c30-29(31)37-25-12-10-20(15-26(25)38-29)24(16-28(34)35)19-8-7-18-9-11-23(14-21(18)13-19)36-17-27(33)32-22-5-3-1-2-4-6-22/h7-15,22,24H,1-6,16-17H2,(H,32,33)(H,34,35). The molecule has 2 aliphatic rings. The number of carboxylic acid groups (broad SMARTS) is 1. The SMILES string of the molecule is O=C(O)CC(c1ccc2c(c1)OC(F)(F)O2)c1ccc2ccc(OCC(=O)NC3CCCCCC3)cc2c1. The lowest BCUT2D eigenvalue weighted by atomic mass is 9.87. The summed E-state index contributed by atoms with van der Waals surface area (Å²) in [6.45, 7) is -0.0921. The van der Waals surface area contributed by atoms with Crippen LogP contribution in [0.25, 0.3) is 10.8 Å². The molecule has 38 heavy (non-hydrogen) atoms. The quantitative estimate of drug-likeness (QED) is 0.351. The zero-order chi connectivity index (χ0) is 26.7. The molecule has 1 fully saturated rings. The highest BCUT2D eigenvalue weighted by molar-refractivity contribution is 5.85. The van der Waals surface area contributed by atoms with Crippen molar-refractivity contribution in [3.05, 3.63) is 65.7 Å². The molecule has 1 amide bonds. The van der Waals surface area contributed by atoms with Gasteiger partial charge in [0.1, 0.15) is 5.75 Å². The van der Waals surface area contributed by atoms with Crippen molar-refractivity contribution in [2.45, 2.75) is 63.2 Å². The van der Waals surface area contributed by atoms with E-state index in [1.807, 2.05) is 24.3 Å². The monoisotopic (exact) mass is 525 g/mol. The summed E-state index contributed by atoms with van der Waals surface area (Å²) in [7, 11) is 0. The zero-order valence-electron chi connectivity index (χ0n) is 20.8. The summed E-state index contributed by atoms with van der Waals surface area (Å²) in [5.74, 6) is -1.52. The van der Waals surface area contributed by atoms with E-state index in [4.69, 9.17) is 4.74 Å². The molecule has 2 N–H and O–H groups in total. The number of nitrogens with one attached hydrogen (secondary N) is 1. The largest absolute Gasteiger partial charge is 0.586 e. The van der Waals surface area contributed by atoms with E-state index in [0.717, 1.165) is 36.5 Å². The molecule has 9 heteroatoms. The molecule has 3 aromatic carbocycles. The predicted octanol–water partition coefficient (Wildman–Crippen LogP) is 5.99. The number of carboxylic acids is 1. The van der Waals surface area contributed by atoms with Crippen molar-refractivity contribution in [1.82, 2.24) is 5.32 Å². The first kappa shape index (κ1) is 25.8. The van der Waals surface area contributed by atoms with E-state index in [2.05, 4.69) is 14.8 Å². The number of hydrogen-bond acceptors (Lipinski definition) is 5. The number of fused-ring (bicyclic) bond motifs is 2. The Balaban J connectivity index is 1.33. The van der Waals surface area contributed by atoms with Crippen molar-refractivity contribution < 1.29 is 37.7 Å². The van der Waals surface area contributed by atoms with Crippen molar-refractivity contribution in [1.29, 1.82) is 0 Å². The minimum Gasteiger partial charge on any atom is -0.484 e. The smallest absolute Gasteiger partial charge is 0.484 e.